The zero-order valence-electron chi connectivity index (χ0n) is 105. The minimum absolute atomic E-state index is 0.00547. The van der Waals surface area contributed by atoms with Gasteiger partial charge in [0.1, 0.15) is 22.8 Å². The third-order valence-electron chi connectivity index (χ3n) is 21.8. The number of methoxy groups -OCH3 is 1. The summed E-state index contributed by atoms with van der Waals surface area (Å²) in [6.45, 7) is 124. The number of unbranched alkanes of at least 4 members (excludes halogenated alkanes) is 1. The van der Waals surface area contributed by atoms with Crippen LogP contribution >= 0.6 is 0 Å². The van der Waals surface area contributed by atoms with Crippen LogP contribution in [-0.4, -0.2) is 113 Å². The van der Waals surface area contributed by atoms with Gasteiger partial charge < -0.3 is 52.8 Å². The summed E-state index contributed by atoms with van der Waals surface area (Å²) < 4.78 is 63.2. The molecule has 0 heterocycles. The van der Waals surface area contributed by atoms with Gasteiger partial charge in [-0.3, -0.25) is 14.9 Å². The number of hydrogen-bond acceptors (Lipinski definition) is 15. The molecule has 0 saturated heterocycles. The highest BCUT2D eigenvalue weighted by Gasteiger charge is 2.32. The number of benzene rings is 5. The van der Waals surface area contributed by atoms with Crippen LogP contribution in [0.2, 0.25) is 0 Å². The molecule has 0 fully saturated rings. The summed E-state index contributed by atoms with van der Waals surface area (Å²) in [7, 11) is 1.40. The van der Waals surface area contributed by atoms with E-state index in [1.165, 1.54) is 35.8 Å². The first-order chi connectivity index (χ1) is 65.5. The minimum Gasteiger partial charge on any atom is -0.493 e. The van der Waals surface area contributed by atoms with Gasteiger partial charge in [0.05, 0.1) is 64.9 Å². The molecule has 0 aliphatic heterocycles. The van der Waals surface area contributed by atoms with Crippen LogP contribution in [0, 0.1) is 116 Å². The molecule has 5 aromatic carbocycles. The van der Waals surface area contributed by atoms with E-state index in [1.54, 1.807) is 29.2 Å². The van der Waals surface area contributed by atoms with Crippen LogP contribution in [-0.2, 0) is 43.0 Å². The molecule has 147 heavy (non-hydrogen) atoms. The van der Waals surface area contributed by atoms with Gasteiger partial charge in [0.15, 0.2) is 17.3 Å². The number of halogens is 1. The first-order valence-corrected chi connectivity index (χ1v) is 54.2. The Labute approximate surface area is 901 Å². The first-order valence-electron chi connectivity index (χ1n) is 54.2. The highest BCUT2D eigenvalue weighted by molar-refractivity contribution is 5.92. The molecule has 2 unspecified atom stereocenters. The fraction of sp³-hybridized carbons (Fsp3) is 0.734. The minimum atomic E-state index is -0.364. The summed E-state index contributed by atoms with van der Waals surface area (Å²) in [6.07, 6.45) is 8.03. The molecule has 0 aliphatic rings. The number of esters is 2. The third kappa shape index (κ3) is 77.8. The molecule has 2 atom stereocenters. The summed E-state index contributed by atoms with van der Waals surface area (Å²) >= 11 is 0. The second kappa shape index (κ2) is 60.4. The Hall–Kier alpha value is -8.09. The Morgan fingerprint density at radius 3 is 1.03 bits per heavy atom. The smallest absolute Gasteiger partial charge is 0.409 e. The monoisotopic (exact) mass is 2060 g/mol. The maximum Gasteiger partial charge on any atom is 0.409 e. The molecule has 848 valence electrons. The maximum atomic E-state index is 13.9. The van der Waals surface area contributed by atoms with Crippen molar-refractivity contribution in [3.63, 3.8) is 0 Å². The molecule has 0 spiro atoms. The Kier molecular flexibility index (Phi) is 58.8. The van der Waals surface area contributed by atoms with Crippen molar-refractivity contribution in [1.82, 2.24) is 10.2 Å². The van der Waals surface area contributed by atoms with Crippen LogP contribution in [0.4, 0.5) is 19.7 Å². The molecule has 18 nitrogen and oxygen atoms in total. The molecule has 5 aromatic rings. The molecule has 19 heteroatoms. The lowest BCUT2D eigenvalue weighted by molar-refractivity contribution is -0.386. The Bertz CT molecular complexity index is 4570. The lowest BCUT2D eigenvalue weighted by atomic mass is 9.77. The number of nitro groups is 1. The second-order valence-electron chi connectivity index (χ2n) is 60.7. The van der Waals surface area contributed by atoms with Gasteiger partial charge in [-0.1, -0.05) is 395 Å². The van der Waals surface area contributed by atoms with Crippen molar-refractivity contribution in [1.29, 1.82) is 0 Å². The van der Waals surface area contributed by atoms with Crippen LogP contribution in [0.15, 0.2) is 91.0 Å². The number of nitro benzene ring substituents is 1. The molecule has 0 aromatic heterocycles. The Morgan fingerprint density at radius 1 is 0.367 bits per heavy atom. The molecule has 0 aliphatic carbocycles. The highest BCUT2D eigenvalue weighted by Crippen LogP contribution is 2.42. The normalized spacial score (nSPS) is 13.0. The van der Waals surface area contributed by atoms with Crippen LogP contribution in [0.25, 0.3) is 0 Å². The zero-order chi connectivity index (χ0) is 116. The van der Waals surface area contributed by atoms with Crippen molar-refractivity contribution < 1.29 is 71.1 Å². The number of hydrogen-bond donors (Lipinski definition) is 1. The van der Waals surface area contributed by atoms with E-state index in [1.807, 2.05) is 92.6 Å². The molecule has 5 rings (SSSR count). The fourth-order valence-corrected chi connectivity index (χ4v) is 13.8. The predicted molar refractivity (Wildman–Crippen MR) is 622 cm³/mol. The van der Waals surface area contributed by atoms with Gasteiger partial charge in [-0.05, 0) is 259 Å². The largest absolute Gasteiger partial charge is 0.493 e. The SMILES string of the molecule is CC(C)(C)CCCCC(=O)OCC(C)(C)C.CC(C)(C)COC(=O)NC(C)(C)CC(C)(C)C.CC(C)(C)COc1ccc(CC(C)(C)C)cc1F.CC(c1ccc(OCC(C)(C)C)c([N+](=O)[O-])c1)C(C)(C)C.CCN(CCC(C)(C)C)C(=O)OCC(C)(C)C.COC(=O)c1cc(CC(C)(C)C)ccc1OCC(C)(C)C.Cc1cc(C(C)C(C)(C)C)ccc1OCC(C)(C)C.Cc1cc(CC(C)(C)C)ccc1OCC(C)(C)C. The van der Waals surface area contributed by atoms with Crippen molar-refractivity contribution in [3.05, 3.63) is 151 Å². The fourth-order valence-electron chi connectivity index (χ4n) is 13.8. The van der Waals surface area contributed by atoms with Crippen molar-refractivity contribution >= 4 is 29.8 Å². The van der Waals surface area contributed by atoms with Crippen LogP contribution < -0.4 is 29.0 Å². The average Bonchev–Trinajstić information content (AvgIpc) is 0.845. The zero-order valence-corrected chi connectivity index (χ0v) is 105. The molecular weight excluding hydrogens is 1840 g/mol. The van der Waals surface area contributed by atoms with Gasteiger partial charge in [-0.15, -0.1) is 0 Å². The van der Waals surface area contributed by atoms with Crippen molar-refractivity contribution in [2.45, 2.75) is 456 Å². The lowest BCUT2D eigenvalue weighted by Crippen LogP contribution is -2.46. The third-order valence-corrected chi connectivity index (χ3v) is 21.8. The van der Waals surface area contributed by atoms with Gasteiger partial charge in [0.2, 0.25) is 0 Å². The number of amides is 2. The molecule has 0 saturated carbocycles. The summed E-state index contributed by atoms with van der Waals surface area (Å²) in [5.74, 6) is 3.43. The molecule has 0 radical (unpaired) electrons. The average molecular weight is 2060 g/mol. The van der Waals surface area contributed by atoms with E-state index in [0.29, 0.717) is 97.6 Å². The van der Waals surface area contributed by atoms with Crippen molar-refractivity contribution in [2.24, 2.45) is 86.6 Å². The van der Waals surface area contributed by atoms with Crippen LogP contribution in [0.1, 0.15) is 467 Å². The summed E-state index contributed by atoms with van der Waals surface area (Å²) in [4.78, 5) is 59.6. The van der Waals surface area contributed by atoms with E-state index in [4.69, 9.17) is 42.6 Å². The summed E-state index contributed by atoms with van der Waals surface area (Å²) in [5.41, 5.74) is 11.0. The highest BCUT2D eigenvalue weighted by atomic mass is 19.1. The molecule has 0 bridgehead atoms. The van der Waals surface area contributed by atoms with Crippen molar-refractivity contribution in [2.75, 3.05) is 73.1 Å². The predicted octanol–water partition coefficient (Wildman–Crippen LogP) is 37.2. The molecular formula is C128H224FN3O15. The number of nitrogens with zero attached hydrogens (tertiary/aromatic N) is 2. The number of rotatable bonds is 29. The van der Waals surface area contributed by atoms with Crippen LogP contribution in [0.3, 0.4) is 0 Å². The van der Waals surface area contributed by atoms with E-state index in [9.17, 15) is 33.7 Å². The quantitative estimate of drug-likeness (QED) is 0.0155. The topological polar surface area (TPSA) is 210 Å². The Morgan fingerprint density at radius 2 is 0.694 bits per heavy atom. The molecule has 2 amide bonds. The number of nitrogens with one attached hydrogen (secondary N) is 1. The van der Waals surface area contributed by atoms with Gasteiger partial charge >= 0.3 is 29.8 Å². The standard InChI is InChI=1S/C18H28O3.C18H30O.C17H27NO3.C17H28O.C16H25FO.2C14H29NO2.C14H28O2/c1-17(2,3)11-13-8-9-15(21-12-18(4,5)6)14(10-13)16(19)20-7;1-13-11-15(14(2)18(6,7)8)9-10-16(13)19-12-17(3,4)5;1-12(17(5,6)7)13-8-9-15(14(10-13)18(19)20)21-11-16(2,3)4;1-13-10-14(11-16(2,3)4)8-9-15(13)18-12-17(5,6)7;1-15(2,3)10-12-7-8-14(13(17)9-12)18-11-16(4,5)6;1-12(2,3)9-14(7,8)15-11(16)17-10-13(4,5)6;1-8-15(10-9-13(2,3)4)12(16)17-11-14(5,6)7;1-13(2,3)10-8-7-9-12(15)16-11-14(4,5)6/h8-10H,11-12H2,1-7H3;9-11,14H,12H2,1-8H3;8-10,12H,11H2,1-7H3;8-10H,11-12H2,1-7H3;7-9H,10-11H2,1-6H3;9-10H2,1-8H3,(H,15,16);8-11H2,1-7H3;7-11H2,1-6H3. The lowest BCUT2D eigenvalue weighted by Gasteiger charge is -2.33. The van der Waals surface area contributed by atoms with Crippen molar-refractivity contribution in [3.8, 4) is 28.7 Å². The summed E-state index contributed by atoms with van der Waals surface area (Å²) in [5, 5.41) is 14.2. The number of ether oxygens (including phenoxy) is 9. The first kappa shape index (κ1) is 143. The van der Waals surface area contributed by atoms with Gasteiger partial charge in [-0.2, -0.15) is 0 Å². The number of aryl methyl sites for hydroxylation is 2. The van der Waals surface area contributed by atoms with Gasteiger partial charge in [-0.25, -0.2) is 18.8 Å². The number of alkyl carbamates (subject to hydrolysis) is 1. The number of carbonyl (C=O) groups is 4. The Balaban J connectivity index is -0.00000161. The second-order valence-corrected chi connectivity index (χ2v) is 60.7. The van der Waals surface area contributed by atoms with Crippen LogP contribution in [0.5, 0.6) is 28.7 Å². The number of carbonyl (C=O) groups excluding carboxylic acids is 4. The maximum absolute atomic E-state index is 13.9. The van der Waals surface area contributed by atoms with E-state index >= 15 is 0 Å². The van der Waals surface area contributed by atoms with Gasteiger partial charge in [0, 0.05) is 31.1 Å². The summed E-state index contributed by atoms with van der Waals surface area (Å²) in [6, 6.07) is 29.5. The van der Waals surface area contributed by atoms with E-state index in [2.05, 4.69) is 360 Å². The van der Waals surface area contributed by atoms with Gasteiger partial charge in [0.25, 0.3) is 0 Å². The van der Waals surface area contributed by atoms with E-state index < -0.39 is 0 Å². The van der Waals surface area contributed by atoms with E-state index in [0.717, 1.165) is 92.9 Å². The van der Waals surface area contributed by atoms with E-state index in [-0.39, 0.29) is 122 Å². The molecule has 1 N–H and O–H groups in total.